The average molecular weight is 334 g/mol. The molecule has 0 aliphatic carbocycles. The molecule has 2 aromatic rings. The molecule has 1 atom stereocenters. The number of furan rings is 1. The molecule has 100 valence electrons. The predicted octanol–water partition coefficient (Wildman–Crippen LogP) is 3.31. The molecule has 8 heteroatoms. The summed E-state index contributed by atoms with van der Waals surface area (Å²) in [6.07, 6.45) is -1.63. The van der Waals surface area contributed by atoms with E-state index in [2.05, 4.69) is 15.9 Å². The third-order valence-corrected chi connectivity index (χ3v) is 3.00. The summed E-state index contributed by atoms with van der Waals surface area (Å²) < 4.78 is 31.6. The minimum absolute atomic E-state index is 0.0913. The van der Waals surface area contributed by atoms with E-state index >= 15 is 0 Å². The van der Waals surface area contributed by atoms with E-state index in [4.69, 9.17) is 4.42 Å². The molecule has 0 fully saturated rings. The summed E-state index contributed by atoms with van der Waals surface area (Å²) in [5, 5.41) is 20.3. The molecule has 0 aliphatic rings. The second-order valence-electron chi connectivity index (χ2n) is 3.62. The van der Waals surface area contributed by atoms with E-state index in [9.17, 15) is 24.0 Å². The normalized spacial score (nSPS) is 12.4. The molecule has 5 nitrogen and oxygen atoms in total. The van der Waals surface area contributed by atoms with Crippen LogP contribution in [0.4, 0.5) is 14.7 Å². The smallest absolute Gasteiger partial charge is 0.403 e. The van der Waals surface area contributed by atoms with Gasteiger partial charge in [0.05, 0.1) is 10.5 Å². The number of hydrogen-bond acceptors (Lipinski definition) is 4. The summed E-state index contributed by atoms with van der Waals surface area (Å²) in [5.74, 6) is -2.46. The first kappa shape index (κ1) is 13.6. The summed E-state index contributed by atoms with van der Waals surface area (Å²) in [6.45, 7) is 0. The van der Waals surface area contributed by atoms with Crippen LogP contribution >= 0.6 is 15.9 Å². The van der Waals surface area contributed by atoms with Crippen molar-refractivity contribution in [3.63, 3.8) is 0 Å². The number of aliphatic hydroxyl groups is 1. The molecule has 1 aromatic heterocycles. The number of rotatable bonds is 3. The van der Waals surface area contributed by atoms with E-state index < -0.39 is 28.5 Å². The number of nitro groups is 1. The standard InChI is InChI=1S/C11H6BrF2NO4/c12-6-4-7(13)5(3-8(6)14)11(16)9-1-2-10(19-9)15(17)18/h1-4,11,16H. The minimum atomic E-state index is -1.63. The van der Waals surface area contributed by atoms with E-state index in [-0.39, 0.29) is 15.8 Å². The molecule has 0 saturated carbocycles. The molecule has 2 rings (SSSR count). The van der Waals surface area contributed by atoms with Gasteiger partial charge in [-0.2, -0.15) is 0 Å². The van der Waals surface area contributed by atoms with Crippen LogP contribution in [0.3, 0.4) is 0 Å². The molecular formula is C11H6BrF2NO4. The van der Waals surface area contributed by atoms with Gasteiger partial charge in [-0.25, -0.2) is 8.78 Å². The Balaban J connectivity index is 2.40. The van der Waals surface area contributed by atoms with Gasteiger partial charge < -0.3 is 9.52 Å². The van der Waals surface area contributed by atoms with Crippen LogP contribution in [0.1, 0.15) is 17.4 Å². The highest BCUT2D eigenvalue weighted by molar-refractivity contribution is 9.10. The van der Waals surface area contributed by atoms with Crippen molar-refractivity contribution in [1.29, 1.82) is 0 Å². The van der Waals surface area contributed by atoms with Gasteiger partial charge in [0.25, 0.3) is 0 Å². The number of aliphatic hydroxyl groups excluding tert-OH is 1. The topological polar surface area (TPSA) is 76.5 Å². The van der Waals surface area contributed by atoms with Crippen LogP contribution < -0.4 is 0 Å². The van der Waals surface area contributed by atoms with Crippen molar-refractivity contribution in [2.45, 2.75) is 6.10 Å². The van der Waals surface area contributed by atoms with E-state index in [1.807, 2.05) is 0 Å². The molecule has 0 amide bonds. The molecule has 1 N–H and O–H groups in total. The first-order valence-corrected chi connectivity index (χ1v) is 5.76. The van der Waals surface area contributed by atoms with Crippen molar-refractivity contribution < 1.29 is 23.2 Å². The SMILES string of the molecule is O=[N+]([O-])c1ccc(C(O)c2cc(F)c(Br)cc2F)o1. The summed E-state index contributed by atoms with van der Waals surface area (Å²) in [7, 11) is 0. The van der Waals surface area contributed by atoms with Gasteiger partial charge in [-0.3, -0.25) is 10.1 Å². The molecule has 0 bridgehead atoms. The van der Waals surface area contributed by atoms with Crippen LogP contribution in [0, 0.1) is 21.7 Å². The second-order valence-corrected chi connectivity index (χ2v) is 4.48. The number of nitrogens with zero attached hydrogens (tertiary/aromatic N) is 1. The van der Waals surface area contributed by atoms with Gasteiger partial charge in [-0.15, -0.1) is 0 Å². The third kappa shape index (κ3) is 2.64. The lowest BCUT2D eigenvalue weighted by Gasteiger charge is -2.09. The fourth-order valence-electron chi connectivity index (χ4n) is 1.49. The van der Waals surface area contributed by atoms with Gasteiger partial charge in [0, 0.05) is 5.56 Å². The van der Waals surface area contributed by atoms with Crippen LogP contribution in [0.2, 0.25) is 0 Å². The summed E-state index contributed by atoms with van der Waals surface area (Å²) in [6, 6.07) is 3.79. The maximum absolute atomic E-state index is 13.6. The van der Waals surface area contributed by atoms with E-state index in [0.29, 0.717) is 0 Å². The fourth-order valence-corrected chi connectivity index (χ4v) is 1.80. The van der Waals surface area contributed by atoms with E-state index in [0.717, 1.165) is 24.3 Å². The van der Waals surface area contributed by atoms with Crippen LogP contribution in [0.15, 0.2) is 33.2 Å². The van der Waals surface area contributed by atoms with Gasteiger partial charge in [0.1, 0.15) is 28.4 Å². The Bertz CT molecular complexity index is 644. The van der Waals surface area contributed by atoms with Crippen molar-refractivity contribution in [2.24, 2.45) is 0 Å². The van der Waals surface area contributed by atoms with Crippen LogP contribution in [0.5, 0.6) is 0 Å². The van der Waals surface area contributed by atoms with Crippen LogP contribution in [-0.2, 0) is 0 Å². The van der Waals surface area contributed by atoms with Gasteiger partial charge in [0.15, 0.2) is 0 Å². The number of halogens is 3. The Morgan fingerprint density at radius 1 is 1.32 bits per heavy atom. The molecule has 19 heavy (non-hydrogen) atoms. The highest BCUT2D eigenvalue weighted by Crippen LogP contribution is 2.30. The molecule has 0 aliphatic heterocycles. The van der Waals surface area contributed by atoms with E-state index in [1.165, 1.54) is 0 Å². The quantitative estimate of drug-likeness (QED) is 0.531. The number of hydrogen-bond donors (Lipinski definition) is 1. The van der Waals surface area contributed by atoms with Crippen molar-refractivity contribution in [3.05, 3.63) is 61.8 Å². The first-order valence-electron chi connectivity index (χ1n) is 4.96. The highest BCUT2D eigenvalue weighted by atomic mass is 79.9. The molecule has 1 aromatic carbocycles. The average Bonchev–Trinajstić information content (AvgIpc) is 2.82. The first-order chi connectivity index (χ1) is 8.90. The molecular weight excluding hydrogens is 328 g/mol. The lowest BCUT2D eigenvalue weighted by atomic mass is 10.1. The van der Waals surface area contributed by atoms with Gasteiger partial charge in [-0.05, 0) is 34.1 Å². The summed E-state index contributed by atoms with van der Waals surface area (Å²) in [4.78, 5) is 9.63. The van der Waals surface area contributed by atoms with Crippen molar-refractivity contribution in [3.8, 4) is 0 Å². The monoisotopic (exact) mass is 333 g/mol. The highest BCUT2D eigenvalue weighted by Gasteiger charge is 2.23. The Labute approximate surface area is 113 Å². The van der Waals surface area contributed by atoms with Gasteiger partial charge in [0.2, 0.25) is 0 Å². The zero-order chi connectivity index (χ0) is 14.2. The molecule has 1 heterocycles. The summed E-state index contributed by atoms with van der Waals surface area (Å²) in [5.41, 5.74) is -0.370. The Morgan fingerprint density at radius 3 is 2.58 bits per heavy atom. The largest absolute Gasteiger partial charge is 0.433 e. The second kappa shape index (κ2) is 5.06. The molecule has 1 unspecified atom stereocenters. The predicted molar refractivity (Wildman–Crippen MR) is 63.5 cm³/mol. The van der Waals surface area contributed by atoms with Crippen molar-refractivity contribution >= 4 is 21.8 Å². The third-order valence-electron chi connectivity index (χ3n) is 2.40. The zero-order valence-electron chi connectivity index (χ0n) is 9.14. The zero-order valence-corrected chi connectivity index (χ0v) is 10.7. The van der Waals surface area contributed by atoms with Crippen molar-refractivity contribution in [1.82, 2.24) is 0 Å². The van der Waals surface area contributed by atoms with Gasteiger partial charge in [-0.1, -0.05) is 0 Å². The van der Waals surface area contributed by atoms with Crippen molar-refractivity contribution in [2.75, 3.05) is 0 Å². The van der Waals surface area contributed by atoms with Gasteiger partial charge >= 0.3 is 5.88 Å². The van der Waals surface area contributed by atoms with Crippen LogP contribution in [0.25, 0.3) is 0 Å². The lowest BCUT2D eigenvalue weighted by molar-refractivity contribution is -0.402. The lowest BCUT2D eigenvalue weighted by Crippen LogP contribution is -2.02. The maximum atomic E-state index is 13.6. The maximum Gasteiger partial charge on any atom is 0.433 e. The minimum Gasteiger partial charge on any atom is -0.403 e. The Hall–Kier alpha value is -1.80. The Kier molecular flexibility index (Phi) is 3.63. The van der Waals surface area contributed by atoms with Crippen LogP contribution in [-0.4, -0.2) is 10.0 Å². The summed E-state index contributed by atoms with van der Waals surface area (Å²) >= 11 is 2.80. The fraction of sp³-hybridized carbons (Fsp3) is 0.0909. The molecule has 0 saturated heterocycles. The number of benzene rings is 1. The molecule has 0 radical (unpaired) electrons. The molecule has 0 spiro atoms. The Morgan fingerprint density at radius 2 is 2.00 bits per heavy atom. The van der Waals surface area contributed by atoms with E-state index in [1.54, 1.807) is 0 Å².